The number of hydrogen-bond acceptors (Lipinski definition) is 5. The summed E-state index contributed by atoms with van der Waals surface area (Å²) in [6.07, 6.45) is 9.97. The molecule has 0 fully saturated rings. The largest absolute Gasteiger partial charge is 0.305 e. The first kappa shape index (κ1) is 21.4. The maximum Gasteiger partial charge on any atom is 0.258 e. The van der Waals surface area contributed by atoms with Crippen LogP contribution in [0, 0.1) is 6.92 Å². The number of carbonyl (C=O) groups excluding carboxylic acids is 1. The summed E-state index contributed by atoms with van der Waals surface area (Å²) in [6.45, 7) is 1.85. The summed E-state index contributed by atoms with van der Waals surface area (Å²) >= 11 is 6.38. The van der Waals surface area contributed by atoms with E-state index < -0.39 is 0 Å². The van der Waals surface area contributed by atoms with Crippen molar-refractivity contribution in [3.05, 3.63) is 77.6 Å². The number of aromatic nitrogens is 5. The summed E-state index contributed by atoms with van der Waals surface area (Å²) in [5, 5.41) is 7.50. The van der Waals surface area contributed by atoms with Crippen LogP contribution < -0.4 is 5.32 Å². The fraction of sp³-hybridized carbons (Fsp3) is 0.0952. The number of halogens is 2. The molecule has 0 aliphatic carbocycles. The van der Waals surface area contributed by atoms with Crippen molar-refractivity contribution in [1.82, 2.24) is 24.7 Å². The van der Waals surface area contributed by atoms with Crippen LogP contribution in [0.4, 0.5) is 5.82 Å². The van der Waals surface area contributed by atoms with Gasteiger partial charge in [0.1, 0.15) is 0 Å². The second-order valence-electron chi connectivity index (χ2n) is 6.53. The summed E-state index contributed by atoms with van der Waals surface area (Å²) in [7, 11) is 1.87. The van der Waals surface area contributed by atoms with E-state index in [9.17, 15) is 4.79 Å². The molecule has 9 heteroatoms. The molecule has 3 aromatic heterocycles. The highest BCUT2D eigenvalue weighted by atomic mass is 35.5. The van der Waals surface area contributed by atoms with Crippen LogP contribution >= 0.6 is 24.0 Å². The fourth-order valence-corrected chi connectivity index (χ4v) is 3.10. The SMILES string of the molecule is Cc1ccncc1C(=O)Nc1cnc(-c2cc(-c3cnn(C)c3)ccc2Cl)cn1.Cl. The summed E-state index contributed by atoms with van der Waals surface area (Å²) in [6, 6.07) is 7.48. The average Bonchev–Trinajstić information content (AvgIpc) is 3.16. The van der Waals surface area contributed by atoms with E-state index >= 15 is 0 Å². The van der Waals surface area contributed by atoms with E-state index in [4.69, 9.17) is 11.6 Å². The molecule has 0 saturated carbocycles. The van der Waals surface area contributed by atoms with E-state index in [1.807, 2.05) is 38.4 Å². The number of benzene rings is 1. The molecular formula is C21H18Cl2N6O. The fourth-order valence-electron chi connectivity index (χ4n) is 2.89. The first-order valence-electron chi connectivity index (χ1n) is 8.84. The third-order valence-corrected chi connectivity index (χ3v) is 4.79. The molecule has 1 amide bonds. The van der Waals surface area contributed by atoms with Crippen molar-refractivity contribution in [1.29, 1.82) is 0 Å². The van der Waals surface area contributed by atoms with E-state index in [0.29, 0.717) is 22.1 Å². The first-order chi connectivity index (χ1) is 14.0. The summed E-state index contributed by atoms with van der Waals surface area (Å²) < 4.78 is 1.74. The number of nitrogens with one attached hydrogen (secondary N) is 1. The van der Waals surface area contributed by atoms with Gasteiger partial charge in [0, 0.05) is 36.8 Å². The molecule has 0 bridgehead atoms. The van der Waals surface area contributed by atoms with Crippen LogP contribution in [0.15, 0.2) is 61.4 Å². The Morgan fingerprint density at radius 2 is 1.90 bits per heavy atom. The first-order valence-corrected chi connectivity index (χ1v) is 9.22. The lowest BCUT2D eigenvalue weighted by molar-refractivity contribution is 0.102. The molecule has 0 spiro atoms. The predicted molar refractivity (Wildman–Crippen MR) is 119 cm³/mol. The highest BCUT2D eigenvalue weighted by Crippen LogP contribution is 2.31. The van der Waals surface area contributed by atoms with Crippen LogP contribution in [0.3, 0.4) is 0 Å². The second kappa shape index (κ2) is 9.02. The lowest BCUT2D eigenvalue weighted by Crippen LogP contribution is -2.14. The summed E-state index contributed by atoms with van der Waals surface area (Å²) in [5.41, 5.74) is 4.64. The molecule has 7 nitrogen and oxygen atoms in total. The van der Waals surface area contributed by atoms with E-state index in [-0.39, 0.29) is 18.3 Å². The molecule has 0 radical (unpaired) electrons. The zero-order chi connectivity index (χ0) is 20.4. The average molecular weight is 441 g/mol. The Morgan fingerprint density at radius 1 is 1.07 bits per heavy atom. The van der Waals surface area contributed by atoms with E-state index in [0.717, 1.165) is 22.3 Å². The van der Waals surface area contributed by atoms with Gasteiger partial charge in [-0.2, -0.15) is 5.10 Å². The Hall–Kier alpha value is -3.29. The monoisotopic (exact) mass is 440 g/mol. The van der Waals surface area contributed by atoms with Gasteiger partial charge in [-0.05, 0) is 36.2 Å². The molecule has 0 aliphatic heterocycles. The zero-order valence-corrected chi connectivity index (χ0v) is 17.8. The van der Waals surface area contributed by atoms with Gasteiger partial charge >= 0.3 is 0 Å². The van der Waals surface area contributed by atoms with Crippen molar-refractivity contribution in [2.24, 2.45) is 7.05 Å². The summed E-state index contributed by atoms with van der Waals surface area (Å²) in [5.74, 6) is 0.0656. The standard InChI is InChI=1S/C21H17ClN6O.ClH/c1-13-5-6-23-9-17(13)21(29)27-20-11-24-19(10-25-20)16-7-14(3-4-18(16)22)15-8-26-28(2)12-15;/h3-12H,1-2H3,(H,25,27,29);1H. The highest BCUT2D eigenvalue weighted by Gasteiger charge is 2.12. The van der Waals surface area contributed by atoms with Gasteiger partial charge in [0.2, 0.25) is 0 Å². The van der Waals surface area contributed by atoms with Crippen LogP contribution in [0.5, 0.6) is 0 Å². The zero-order valence-electron chi connectivity index (χ0n) is 16.2. The number of carbonyl (C=O) groups is 1. The normalized spacial score (nSPS) is 10.4. The minimum Gasteiger partial charge on any atom is -0.305 e. The minimum absolute atomic E-state index is 0. The molecule has 1 N–H and O–H groups in total. The molecule has 0 aliphatic rings. The Morgan fingerprint density at radius 3 is 2.57 bits per heavy atom. The van der Waals surface area contributed by atoms with Crippen LogP contribution in [0.25, 0.3) is 22.4 Å². The number of rotatable bonds is 4. The lowest BCUT2D eigenvalue weighted by Gasteiger charge is -2.08. The number of pyridine rings is 1. The van der Waals surface area contributed by atoms with Crippen molar-refractivity contribution < 1.29 is 4.79 Å². The minimum atomic E-state index is -0.283. The van der Waals surface area contributed by atoms with Gasteiger partial charge in [-0.25, -0.2) is 4.98 Å². The molecule has 30 heavy (non-hydrogen) atoms. The topological polar surface area (TPSA) is 85.6 Å². The molecular weight excluding hydrogens is 423 g/mol. The Labute approximate surface area is 184 Å². The predicted octanol–water partition coefficient (Wildman–Crippen LogP) is 4.58. The molecule has 1 aromatic carbocycles. The number of amides is 1. The molecule has 3 heterocycles. The van der Waals surface area contributed by atoms with Gasteiger partial charge in [0.25, 0.3) is 5.91 Å². The molecule has 0 saturated heterocycles. The second-order valence-corrected chi connectivity index (χ2v) is 6.94. The third kappa shape index (κ3) is 4.48. The maximum absolute atomic E-state index is 12.4. The third-order valence-electron chi connectivity index (χ3n) is 4.46. The Bertz CT molecular complexity index is 1190. The molecule has 0 unspecified atom stereocenters. The number of anilines is 1. The van der Waals surface area contributed by atoms with Crippen molar-refractivity contribution in [2.75, 3.05) is 5.32 Å². The molecule has 152 valence electrons. The Kier molecular flexibility index (Phi) is 6.44. The quantitative estimate of drug-likeness (QED) is 0.501. The highest BCUT2D eigenvalue weighted by molar-refractivity contribution is 6.33. The molecule has 0 atom stereocenters. The van der Waals surface area contributed by atoms with E-state index in [1.54, 1.807) is 29.3 Å². The number of nitrogens with zero attached hydrogens (tertiary/aromatic N) is 5. The molecule has 4 rings (SSSR count). The Balaban J connectivity index is 0.00000256. The number of hydrogen-bond donors (Lipinski definition) is 1. The van der Waals surface area contributed by atoms with Crippen LogP contribution in [-0.4, -0.2) is 30.6 Å². The van der Waals surface area contributed by atoms with Crippen molar-refractivity contribution >= 4 is 35.7 Å². The maximum atomic E-state index is 12.4. The number of aryl methyl sites for hydroxylation is 2. The van der Waals surface area contributed by atoms with Gasteiger partial charge in [-0.3, -0.25) is 19.4 Å². The molecule has 4 aromatic rings. The van der Waals surface area contributed by atoms with Crippen molar-refractivity contribution in [2.45, 2.75) is 6.92 Å². The van der Waals surface area contributed by atoms with E-state index in [2.05, 4.69) is 25.4 Å². The van der Waals surface area contributed by atoms with Gasteiger partial charge in [-0.15, -0.1) is 12.4 Å². The van der Waals surface area contributed by atoms with E-state index in [1.165, 1.54) is 12.4 Å². The summed E-state index contributed by atoms with van der Waals surface area (Å²) in [4.78, 5) is 25.1. The van der Waals surface area contributed by atoms with Gasteiger partial charge in [0.05, 0.1) is 34.9 Å². The smallest absolute Gasteiger partial charge is 0.258 e. The van der Waals surface area contributed by atoms with Gasteiger partial charge < -0.3 is 5.32 Å². The van der Waals surface area contributed by atoms with Crippen molar-refractivity contribution in [3.8, 4) is 22.4 Å². The van der Waals surface area contributed by atoms with Gasteiger partial charge in [0.15, 0.2) is 5.82 Å². The van der Waals surface area contributed by atoms with Crippen LogP contribution in [-0.2, 0) is 7.05 Å². The van der Waals surface area contributed by atoms with Crippen LogP contribution in [0.2, 0.25) is 5.02 Å². The lowest BCUT2D eigenvalue weighted by atomic mass is 10.0. The van der Waals surface area contributed by atoms with Gasteiger partial charge in [-0.1, -0.05) is 17.7 Å². The van der Waals surface area contributed by atoms with Crippen molar-refractivity contribution in [3.63, 3.8) is 0 Å². The van der Waals surface area contributed by atoms with Crippen LogP contribution in [0.1, 0.15) is 15.9 Å².